The van der Waals surface area contributed by atoms with Gasteiger partial charge in [-0.15, -0.1) is 0 Å². The normalized spacial score (nSPS) is 17.8. The van der Waals surface area contributed by atoms with Gasteiger partial charge in [0.15, 0.2) is 0 Å². The number of benzene rings is 1. The van der Waals surface area contributed by atoms with Crippen LogP contribution in [0.15, 0.2) is 42.7 Å². The Morgan fingerprint density at radius 3 is 2.96 bits per heavy atom. The second kappa shape index (κ2) is 6.31. The summed E-state index contributed by atoms with van der Waals surface area (Å²) < 4.78 is 2.09. The number of nitrogens with zero attached hydrogens (tertiary/aromatic N) is 4. The summed E-state index contributed by atoms with van der Waals surface area (Å²) in [5, 5.41) is 1.00. The van der Waals surface area contributed by atoms with Crippen LogP contribution in [0.2, 0.25) is 0 Å². The number of rotatable bonds is 2. The van der Waals surface area contributed by atoms with Crippen molar-refractivity contribution < 1.29 is 4.79 Å². The number of hydrogen-bond acceptors (Lipinski definition) is 3. The van der Waals surface area contributed by atoms with Crippen molar-refractivity contribution in [2.45, 2.75) is 25.7 Å². The molecule has 0 bridgehead atoms. The predicted octanol–water partition coefficient (Wildman–Crippen LogP) is 3.30. The van der Waals surface area contributed by atoms with Gasteiger partial charge in [0, 0.05) is 49.4 Å². The van der Waals surface area contributed by atoms with Gasteiger partial charge in [-0.2, -0.15) is 0 Å². The SMILES string of the molecule is Cc1cn(C)c([C@@H]2CCCN(C(=O)c3ccc4ncccc4c3)C2)n1. The van der Waals surface area contributed by atoms with E-state index in [-0.39, 0.29) is 5.91 Å². The number of likely N-dealkylation sites (tertiary alicyclic amines) is 1. The average molecular weight is 334 g/mol. The van der Waals surface area contributed by atoms with Gasteiger partial charge in [-0.3, -0.25) is 9.78 Å². The van der Waals surface area contributed by atoms with Crippen LogP contribution >= 0.6 is 0 Å². The summed E-state index contributed by atoms with van der Waals surface area (Å²) in [6.07, 6.45) is 5.91. The molecule has 1 aliphatic heterocycles. The molecule has 3 aromatic rings. The fourth-order valence-corrected chi connectivity index (χ4v) is 3.78. The highest BCUT2D eigenvalue weighted by Crippen LogP contribution is 2.27. The van der Waals surface area contributed by atoms with Gasteiger partial charge in [0.25, 0.3) is 5.91 Å². The van der Waals surface area contributed by atoms with E-state index in [9.17, 15) is 4.79 Å². The number of imidazole rings is 1. The molecule has 5 heteroatoms. The maximum atomic E-state index is 13.0. The van der Waals surface area contributed by atoms with Gasteiger partial charge in [0.2, 0.25) is 0 Å². The van der Waals surface area contributed by atoms with E-state index in [1.165, 1.54) is 0 Å². The first kappa shape index (κ1) is 15.8. The molecule has 4 rings (SSSR count). The molecule has 0 radical (unpaired) electrons. The lowest BCUT2D eigenvalue weighted by atomic mass is 9.96. The standard InChI is InChI=1S/C20H22N4O/c1-14-12-23(2)19(22-14)17-6-4-10-24(13-17)20(25)16-7-8-18-15(11-16)5-3-9-21-18/h3,5,7-9,11-12,17H,4,6,10,13H2,1-2H3/t17-/m1/s1. The van der Waals surface area contributed by atoms with Gasteiger partial charge in [0.05, 0.1) is 11.2 Å². The summed E-state index contributed by atoms with van der Waals surface area (Å²) in [5.41, 5.74) is 2.68. The number of carbonyl (C=O) groups excluding carboxylic acids is 1. The van der Waals surface area contributed by atoms with Crippen molar-refractivity contribution in [2.24, 2.45) is 7.05 Å². The maximum absolute atomic E-state index is 13.0. The number of pyridine rings is 1. The molecule has 1 amide bonds. The lowest BCUT2D eigenvalue weighted by Crippen LogP contribution is -2.39. The van der Waals surface area contributed by atoms with Gasteiger partial charge in [0.1, 0.15) is 5.82 Å². The minimum Gasteiger partial charge on any atom is -0.338 e. The Hall–Kier alpha value is -2.69. The monoisotopic (exact) mass is 334 g/mol. The van der Waals surface area contributed by atoms with E-state index in [4.69, 9.17) is 0 Å². The van der Waals surface area contributed by atoms with Crippen molar-refractivity contribution in [3.63, 3.8) is 0 Å². The predicted molar refractivity (Wildman–Crippen MR) is 97.6 cm³/mol. The Bertz CT molecular complexity index is 930. The first-order valence-electron chi connectivity index (χ1n) is 8.76. The van der Waals surface area contributed by atoms with Crippen LogP contribution in [-0.4, -0.2) is 38.4 Å². The van der Waals surface area contributed by atoms with E-state index in [0.717, 1.165) is 53.9 Å². The molecule has 0 spiro atoms. The molecule has 1 saturated heterocycles. The minimum absolute atomic E-state index is 0.0985. The van der Waals surface area contributed by atoms with E-state index in [1.54, 1.807) is 6.20 Å². The molecule has 128 valence electrons. The highest BCUT2D eigenvalue weighted by molar-refractivity contribution is 5.98. The lowest BCUT2D eigenvalue weighted by molar-refractivity contribution is 0.0703. The Balaban J connectivity index is 1.57. The van der Waals surface area contributed by atoms with E-state index < -0.39 is 0 Å². The summed E-state index contributed by atoms with van der Waals surface area (Å²) >= 11 is 0. The molecule has 1 fully saturated rings. The molecule has 1 aliphatic rings. The fraction of sp³-hybridized carbons (Fsp3) is 0.350. The van der Waals surface area contributed by atoms with Crippen LogP contribution in [-0.2, 0) is 7.05 Å². The fourth-order valence-electron chi connectivity index (χ4n) is 3.78. The largest absolute Gasteiger partial charge is 0.338 e. The molecular weight excluding hydrogens is 312 g/mol. The van der Waals surface area contributed by atoms with Crippen molar-refractivity contribution >= 4 is 16.8 Å². The zero-order valence-corrected chi connectivity index (χ0v) is 14.6. The second-order valence-corrected chi connectivity index (χ2v) is 6.85. The minimum atomic E-state index is 0.0985. The van der Waals surface area contributed by atoms with Crippen molar-refractivity contribution in [2.75, 3.05) is 13.1 Å². The maximum Gasteiger partial charge on any atom is 0.253 e. The van der Waals surface area contributed by atoms with Crippen LogP contribution in [0.5, 0.6) is 0 Å². The zero-order chi connectivity index (χ0) is 17.4. The second-order valence-electron chi connectivity index (χ2n) is 6.85. The summed E-state index contributed by atoms with van der Waals surface area (Å²) in [4.78, 5) is 23.9. The summed E-state index contributed by atoms with van der Waals surface area (Å²) in [7, 11) is 2.03. The molecule has 0 saturated carbocycles. The van der Waals surface area contributed by atoms with Crippen LogP contribution in [0, 0.1) is 6.92 Å². The average Bonchev–Trinajstić information content (AvgIpc) is 2.99. The van der Waals surface area contributed by atoms with Crippen LogP contribution in [0.3, 0.4) is 0 Å². The van der Waals surface area contributed by atoms with Gasteiger partial charge in [-0.25, -0.2) is 4.98 Å². The van der Waals surface area contributed by atoms with Gasteiger partial charge >= 0.3 is 0 Å². The number of hydrogen-bond donors (Lipinski definition) is 0. The topological polar surface area (TPSA) is 51.0 Å². The van der Waals surface area contributed by atoms with Crippen LogP contribution in [0.1, 0.15) is 40.6 Å². The Labute approximate surface area is 147 Å². The Kier molecular flexibility index (Phi) is 3.99. The van der Waals surface area contributed by atoms with Crippen molar-refractivity contribution in [1.82, 2.24) is 19.4 Å². The van der Waals surface area contributed by atoms with E-state index >= 15 is 0 Å². The van der Waals surface area contributed by atoms with Crippen molar-refractivity contribution in [3.05, 3.63) is 59.8 Å². The molecular formula is C20H22N4O. The molecule has 1 atom stereocenters. The molecule has 0 unspecified atom stereocenters. The number of amides is 1. The first-order chi connectivity index (χ1) is 12.1. The molecule has 3 heterocycles. The molecule has 25 heavy (non-hydrogen) atoms. The highest BCUT2D eigenvalue weighted by atomic mass is 16.2. The molecule has 0 aliphatic carbocycles. The van der Waals surface area contributed by atoms with Crippen molar-refractivity contribution in [3.8, 4) is 0 Å². The number of fused-ring (bicyclic) bond motifs is 1. The molecule has 0 N–H and O–H groups in total. The van der Waals surface area contributed by atoms with Crippen LogP contribution in [0.25, 0.3) is 10.9 Å². The van der Waals surface area contributed by atoms with E-state index in [2.05, 4.69) is 14.5 Å². The third kappa shape index (κ3) is 3.02. The number of piperidine rings is 1. The van der Waals surface area contributed by atoms with Gasteiger partial charge in [-0.1, -0.05) is 6.07 Å². The molecule has 2 aromatic heterocycles. The Morgan fingerprint density at radius 2 is 2.16 bits per heavy atom. The number of carbonyl (C=O) groups is 1. The van der Waals surface area contributed by atoms with E-state index in [1.807, 2.05) is 55.4 Å². The zero-order valence-electron chi connectivity index (χ0n) is 14.6. The molecule has 1 aromatic carbocycles. The van der Waals surface area contributed by atoms with Crippen molar-refractivity contribution in [1.29, 1.82) is 0 Å². The Morgan fingerprint density at radius 1 is 1.28 bits per heavy atom. The summed E-state index contributed by atoms with van der Waals surface area (Å²) in [6, 6.07) is 9.64. The van der Waals surface area contributed by atoms with Crippen LogP contribution in [0.4, 0.5) is 0 Å². The van der Waals surface area contributed by atoms with Gasteiger partial charge < -0.3 is 9.47 Å². The summed E-state index contributed by atoms with van der Waals surface area (Å²) in [6.45, 7) is 3.55. The summed E-state index contributed by atoms with van der Waals surface area (Å²) in [5.74, 6) is 1.48. The third-order valence-corrected chi connectivity index (χ3v) is 4.96. The third-order valence-electron chi connectivity index (χ3n) is 4.96. The quantitative estimate of drug-likeness (QED) is 0.722. The number of aromatic nitrogens is 3. The smallest absolute Gasteiger partial charge is 0.253 e. The lowest BCUT2D eigenvalue weighted by Gasteiger charge is -2.32. The molecule has 5 nitrogen and oxygen atoms in total. The van der Waals surface area contributed by atoms with E-state index in [0.29, 0.717) is 5.92 Å². The van der Waals surface area contributed by atoms with Gasteiger partial charge in [-0.05, 0) is 44.0 Å². The first-order valence-corrected chi connectivity index (χ1v) is 8.76. The highest BCUT2D eigenvalue weighted by Gasteiger charge is 2.28. The number of aryl methyl sites for hydroxylation is 2. The van der Waals surface area contributed by atoms with Crippen LogP contribution < -0.4 is 0 Å².